The third-order valence-electron chi connectivity index (χ3n) is 4.60. The van der Waals surface area contributed by atoms with Gasteiger partial charge in [0.05, 0.1) is 21.5 Å². The molecule has 0 saturated carbocycles. The molecule has 0 saturated heterocycles. The Morgan fingerprint density at radius 3 is 2.48 bits per heavy atom. The van der Waals surface area contributed by atoms with E-state index in [2.05, 4.69) is 4.98 Å². The van der Waals surface area contributed by atoms with Gasteiger partial charge in [-0.15, -0.1) is 0 Å². The van der Waals surface area contributed by atoms with Crippen molar-refractivity contribution in [2.75, 3.05) is 0 Å². The number of nitro groups is 1. The van der Waals surface area contributed by atoms with E-state index >= 15 is 0 Å². The highest BCUT2D eigenvalue weighted by Gasteiger charge is 2.11. The molecular weight excluding hydrogens is 366 g/mol. The minimum absolute atomic E-state index is 0.00884. The molecule has 6 heteroatoms. The van der Waals surface area contributed by atoms with Crippen LogP contribution in [0.4, 0.5) is 5.69 Å². The van der Waals surface area contributed by atoms with Gasteiger partial charge in [-0.05, 0) is 42.8 Å². The van der Waals surface area contributed by atoms with E-state index in [4.69, 9.17) is 0 Å². The Labute approximate surface area is 166 Å². The molecule has 4 rings (SSSR count). The zero-order chi connectivity index (χ0) is 20.4. The average molecular weight is 383 g/mol. The molecule has 6 nitrogen and oxygen atoms in total. The second-order valence-corrected chi connectivity index (χ2v) is 6.65. The molecule has 0 N–H and O–H groups in total. The van der Waals surface area contributed by atoms with Crippen molar-refractivity contribution in [2.45, 2.75) is 6.92 Å². The van der Waals surface area contributed by atoms with Gasteiger partial charge in [0.25, 0.3) is 11.2 Å². The Kier molecular flexibility index (Phi) is 4.75. The molecule has 0 aliphatic rings. The van der Waals surface area contributed by atoms with Crippen molar-refractivity contribution in [3.63, 3.8) is 0 Å². The molecular formula is C23H17N3O3. The van der Waals surface area contributed by atoms with E-state index in [1.165, 1.54) is 12.1 Å². The van der Waals surface area contributed by atoms with Crippen molar-refractivity contribution in [3.8, 4) is 5.69 Å². The maximum absolute atomic E-state index is 13.2. The zero-order valence-electron chi connectivity index (χ0n) is 15.6. The van der Waals surface area contributed by atoms with Crippen molar-refractivity contribution < 1.29 is 4.92 Å². The summed E-state index contributed by atoms with van der Waals surface area (Å²) in [6, 6.07) is 21.1. The van der Waals surface area contributed by atoms with Gasteiger partial charge in [0.2, 0.25) is 0 Å². The molecule has 4 aromatic rings. The van der Waals surface area contributed by atoms with E-state index in [0.717, 1.165) is 5.56 Å². The summed E-state index contributed by atoms with van der Waals surface area (Å²) in [6.45, 7) is 1.98. The van der Waals surface area contributed by atoms with Gasteiger partial charge in [-0.1, -0.05) is 48.0 Å². The molecule has 29 heavy (non-hydrogen) atoms. The zero-order valence-corrected chi connectivity index (χ0v) is 15.6. The van der Waals surface area contributed by atoms with Crippen LogP contribution in [0.5, 0.6) is 0 Å². The van der Waals surface area contributed by atoms with Crippen LogP contribution in [0.1, 0.15) is 17.0 Å². The van der Waals surface area contributed by atoms with Crippen molar-refractivity contribution in [1.82, 2.24) is 9.55 Å². The minimum atomic E-state index is -0.437. The van der Waals surface area contributed by atoms with E-state index in [1.807, 2.05) is 43.3 Å². The summed E-state index contributed by atoms with van der Waals surface area (Å²) in [6.07, 6.45) is 3.42. The molecule has 1 aromatic heterocycles. The Morgan fingerprint density at radius 2 is 1.72 bits per heavy atom. The predicted molar refractivity (Wildman–Crippen MR) is 114 cm³/mol. The number of hydrogen-bond acceptors (Lipinski definition) is 4. The highest BCUT2D eigenvalue weighted by Crippen LogP contribution is 2.18. The number of fused-ring (bicyclic) bond motifs is 1. The van der Waals surface area contributed by atoms with E-state index in [9.17, 15) is 14.9 Å². The summed E-state index contributed by atoms with van der Waals surface area (Å²) in [5.41, 5.74) is 2.88. The number of benzene rings is 3. The largest absolute Gasteiger partial charge is 0.270 e. The number of nitrogens with zero attached hydrogens (tertiary/aromatic N) is 3. The first-order valence-corrected chi connectivity index (χ1v) is 9.04. The third-order valence-corrected chi connectivity index (χ3v) is 4.60. The van der Waals surface area contributed by atoms with Crippen LogP contribution < -0.4 is 5.56 Å². The van der Waals surface area contributed by atoms with Gasteiger partial charge in [-0.3, -0.25) is 19.5 Å². The molecule has 0 spiro atoms. The predicted octanol–water partition coefficient (Wildman–Crippen LogP) is 4.77. The minimum Gasteiger partial charge on any atom is -0.268 e. The number of hydrogen-bond donors (Lipinski definition) is 0. The second-order valence-electron chi connectivity index (χ2n) is 6.65. The van der Waals surface area contributed by atoms with Crippen molar-refractivity contribution in [2.24, 2.45) is 0 Å². The standard InChI is InChI=1S/C23H17N3O3/c1-16-9-12-18(13-10-16)25-22(24-21-8-3-2-7-20(21)23(25)27)14-11-17-5-4-6-19(15-17)26(28)29/h2-15H,1H3. The van der Waals surface area contributed by atoms with Gasteiger partial charge in [0, 0.05) is 12.1 Å². The number of aromatic nitrogens is 2. The molecule has 0 amide bonds. The maximum Gasteiger partial charge on any atom is 0.270 e. The molecule has 1 heterocycles. The number of nitro benzene ring substituents is 1. The quantitative estimate of drug-likeness (QED) is 0.375. The Bertz CT molecular complexity index is 1310. The van der Waals surface area contributed by atoms with E-state index < -0.39 is 4.92 Å². The van der Waals surface area contributed by atoms with Crippen molar-refractivity contribution in [1.29, 1.82) is 0 Å². The van der Waals surface area contributed by atoms with Crippen LogP contribution in [0.25, 0.3) is 28.7 Å². The molecule has 0 radical (unpaired) electrons. The Morgan fingerprint density at radius 1 is 0.966 bits per heavy atom. The van der Waals surface area contributed by atoms with Gasteiger partial charge in [0.15, 0.2) is 0 Å². The summed E-state index contributed by atoms with van der Waals surface area (Å²) < 4.78 is 1.55. The number of aryl methyl sites for hydroxylation is 1. The summed E-state index contributed by atoms with van der Waals surface area (Å²) in [4.78, 5) is 28.4. The smallest absolute Gasteiger partial charge is 0.268 e. The van der Waals surface area contributed by atoms with Crippen LogP contribution in [-0.4, -0.2) is 14.5 Å². The first kappa shape index (κ1) is 18.3. The van der Waals surface area contributed by atoms with E-state index in [0.29, 0.717) is 28.0 Å². The Balaban J connectivity index is 1.90. The van der Waals surface area contributed by atoms with Crippen LogP contribution in [0.15, 0.2) is 77.6 Å². The van der Waals surface area contributed by atoms with Crippen LogP contribution in [-0.2, 0) is 0 Å². The number of non-ortho nitro benzene ring substituents is 1. The topological polar surface area (TPSA) is 78.0 Å². The van der Waals surface area contributed by atoms with Crippen LogP contribution in [0.2, 0.25) is 0 Å². The lowest BCUT2D eigenvalue weighted by Crippen LogP contribution is -2.22. The van der Waals surface area contributed by atoms with Crippen LogP contribution >= 0.6 is 0 Å². The summed E-state index contributed by atoms with van der Waals surface area (Å²) in [5, 5.41) is 11.5. The summed E-state index contributed by atoms with van der Waals surface area (Å²) >= 11 is 0. The van der Waals surface area contributed by atoms with E-state index in [-0.39, 0.29) is 11.2 Å². The molecule has 0 aliphatic heterocycles. The highest BCUT2D eigenvalue weighted by molar-refractivity contribution is 5.80. The van der Waals surface area contributed by atoms with Gasteiger partial charge in [0.1, 0.15) is 5.82 Å². The Hall–Kier alpha value is -4.06. The average Bonchev–Trinajstić information content (AvgIpc) is 2.73. The van der Waals surface area contributed by atoms with Crippen LogP contribution in [0.3, 0.4) is 0 Å². The molecule has 0 atom stereocenters. The molecule has 0 bridgehead atoms. The number of para-hydroxylation sites is 1. The normalized spacial score (nSPS) is 11.2. The first-order valence-electron chi connectivity index (χ1n) is 9.04. The number of rotatable bonds is 4. The third kappa shape index (κ3) is 3.68. The van der Waals surface area contributed by atoms with Gasteiger partial charge < -0.3 is 0 Å². The van der Waals surface area contributed by atoms with Crippen LogP contribution in [0, 0.1) is 17.0 Å². The molecule has 3 aromatic carbocycles. The summed E-state index contributed by atoms with van der Waals surface area (Å²) in [5.74, 6) is 0.448. The lowest BCUT2D eigenvalue weighted by atomic mass is 10.1. The van der Waals surface area contributed by atoms with E-state index in [1.54, 1.807) is 41.0 Å². The molecule has 142 valence electrons. The van der Waals surface area contributed by atoms with Gasteiger partial charge in [-0.2, -0.15) is 0 Å². The van der Waals surface area contributed by atoms with Gasteiger partial charge in [-0.25, -0.2) is 4.98 Å². The first-order chi connectivity index (χ1) is 14.0. The molecule has 0 aliphatic carbocycles. The fraction of sp³-hybridized carbons (Fsp3) is 0.0435. The summed E-state index contributed by atoms with van der Waals surface area (Å²) in [7, 11) is 0. The monoisotopic (exact) mass is 383 g/mol. The highest BCUT2D eigenvalue weighted by atomic mass is 16.6. The molecule has 0 fully saturated rings. The second kappa shape index (κ2) is 7.52. The lowest BCUT2D eigenvalue weighted by Gasteiger charge is -2.11. The molecule has 0 unspecified atom stereocenters. The SMILES string of the molecule is Cc1ccc(-n2c(C=Cc3cccc([N+](=O)[O-])c3)nc3ccccc3c2=O)cc1. The van der Waals surface area contributed by atoms with Gasteiger partial charge >= 0.3 is 0 Å². The fourth-order valence-corrected chi connectivity index (χ4v) is 3.12. The van der Waals surface area contributed by atoms with Crippen molar-refractivity contribution in [3.05, 3.63) is 110 Å². The fourth-order valence-electron chi connectivity index (χ4n) is 3.12. The van der Waals surface area contributed by atoms with Crippen molar-refractivity contribution >= 4 is 28.7 Å². The lowest BCUT2D eigenvalue weighted by molar-refractivity contribution is -0.384. The maximum atomic E-state index is 13.2.